The van der Waals surface area contributed by atoms with Crippen molar-refractivity contribution < 1.29 is 0 Å². The quantitative estimate of drug-likeness (QED) is 0.118. The largest absolute Gasteiger partial charge is 0.310 e. The Morgan fingerprint density at radius 1 is 0.593 bits per heavy atom. The first-order valence-electron chi connectivity index (χ1n) is 18.2. The number of amidine groups is 1. The van der Waals surface area contributed by atoms with Crippen molar-refractivity contribution in [3.8, 4) is 16.9 Å². The van der Waals surface area contributed by atoms with Crippen LogP contribution in [0.15, 0.2) is 180 Å². The lowest BCUT2D eigenvalue weighted by Crippen LogP contribution is -2.02. The van der Waals surface area contributed by atoms with Crippen molar-refractivity contribution in [3.63, 3.8) is 0 Å². The molecule has 0 spiro atoms. The molecule has 7 aromatic carbocycles. The summed E-state index contributed by atoms with van der Waals surface area (Å²) in [5, 5.41) is 5.82. The molecule has 9 rings (SSSR count). The monoisotopic (exact) mass is 694 g/mol. The second kappa shape index (κ2) is 13.5. The van der Waals surface area contributed by atoms with Crippen molar-refractivity contribution in [2.75, 3.05) is 0 Å². The number of nitrogens with zero attached hydrogens (tertiary/aromatic N) is 4. The van der Waals surface area contributed by atoms with E-state index in [-0.39, 0.29) is 0 Å². The Labute approximate surface area is 315 Å². The first-order chi connectivity index (χ1) is 26.6. The van der Waals surface area contributed by atoms with Crippen LogP contribution in [-0.4, -0.2) is 21.7 Å². The molecule has 0 unspecified atom stereocenters. The van der Waals surface area contributed by atoms with Gasteiger partial charge in [-0.3, -0.25) is 0 Å². The van der Waals surface area contributed by atoms with Crippen LogP contribution in [0.3, 0.4) is 0 Å². The molecule has 0 N–H and O–H groups in total. The third kappa shape index (κ3) is 5.14. The van der Waals surface area contributed by atoms with Gasteiger partial charge in [-0.25, -0.2) is 9.98 Å². The van der Waals surface area contributed by atoms with Crippen molar-refractivity contribution >= 4 is 73.5 Å². The Hall–Kier alpha value is -7.04. The molecule has 0 amide bonds. The smallest absolute Gasteiger partial charge is 0.159 e. The van der Waals surface area contributed by atoms with Gasteiger partial charge in [0.25, 0.3) is 0 Å². The van der Waals surface area contributed by atoms with Crippen LogP contribution in [0.2, 0.25) is 0 Å². The fourth-order valence-electron chi connectivity index (χ4n) is 8.17. The summed E-state index contributed by atoms with van der Waals surface area (Å²) in [4.78, 5) is 9.76. The predicted octanol–water partition coefficient (Wildman–Crippen LogP) is 13.0. The van der Waals surface area contributed by atoms with Gasteiger partial charge in [0.2, 0.25) is 0 Å². The molecule has 0 aliphatic carbocycles. The number of aliphatic imine (C=N–C) groups is 2. The number of benzene rings is 7. The fraction of sp³-hybridized carbons (Fsp3) is 0.0400. The highest BCUT2D eigenvalue weighted by atomic mass is 15.0. The Bertz CT molecular complexity index is 2960. The number of hydrogen-bond acceptors (Lipinski definition) is 1. The maximum atomic E-state index is 5.31. The zero-order valence-corrected chi connectivity index (χ0v) is 30.4. The van der Waals surface area contributed by atoms with E-state index >= 15 is 0 Å². The minimum Gasteiger partial charge on any atom is -0.310 e. The van der Waals surface area contributed by atoms with Crippen LogP contribution in [-0.2, 0) is 0 Å². The Balaban J connectivity index is 1.52. The van der Waals surface area contributed by atoms with Gasteiger partial charge in [0.05, 0.1) is 27.9 Å². The van der Waals surface area contributed by atoms with Crippen LogP contribution in [0.5, 0.6) is 0 Å². The number of allylic oxidation sites excluding steroid dienone is 1. The van der Waals surface area contributed by atoms with E-state index < -0.39 is 0 Å². The number of aromatic nitrogens is 2. The molecule has 0 aliphatic rings. The van der Waals surface area contributed by atoms with Crippen LogP contribution in [0.25, 0.3) is 77.9 Å². The van der Waals surface area contributed by atoms with Gasteiger partial charge in [0, 0.05) is 60.6 Å². The van der Waals surface area contributed by atoms with Gasteiger partial charge in [-0.15, -0.1) is 0 Å². The molecule has 0 radical (unpaired) electrons. The Morgan fingerprint density at radius 3 is 1.80 bits per heavy atom. The molecule has 0 fully saturated rings. The molecule has 4 heteroatoms. The van der Waals surface area contributed by atoms with Gasteiger partial charge in [-0.1, -0.05) is 158 Å². The number of fused-ring (bicyclic) bond motifs is 8. The number of para-hydroxylation sites is 2. The van der Waals surface area contributed by atoms with E-state index in [1.54, 1.807) is 0 Å². The van der Waals surface area contributed by atoms with E-state index in [0.717, 1.165) is 72.2 Å². The van der Waals surface area contributed by atoms with Crippen LogP contribution >= 0.6 is 0 Å². The maximum absolute atomic E-state index is 5.31. The lowest BCUT2D eigenvalue weighted by Gasteiger charge is -2.17. The highest BCUT2D eigenvalue weighted by molar-refractivity contribution is 6.34. The molecule has 2 heterocycles. The van der Waals surface area contributed by atoms with Crippen molar-refractivity contribution in [1.82, 2.24) is 9.13 Å². The molecule has 0 bridgehead atoms. The van der Waals surface area contributed by atoms with Crippen molar-refractivity contribution in [3.05, 3.63) is 193 Å². The van der Waals surface area contributed by atoms with E-state index in [4.69, 9.17) is 4.99 Å². The summed E-state index contributed by atoms with van der Waals surface area (Å²) in [6.07, 6.45) is 2.05. The molecule has 0 atom stereocenters. The van der Waals surface area contributed by atoms with Crippen molar-refractivity contribution in [1.29, 1.82) is 0 Å². The van der Waals surface area contributed by atoms with E-state index in [9.17, 15) is 0 Å². The van der Waals surface area contributed by atoms with Crippen LogP contribution in [0, 0.1) is 6.92 Å². The average Bonchev–Trinajstić information content (AvgIpc) is 3.76. The molecule has 0 aliphatic heterocycles. The molecule has 0 saturated heterocycles. The lowest BCUT2D eigenvalue weighted by atomic mass is 9.96. The summed E-state index contributed by atoms with van der Waals surface area (Å²) in [7, 11) is 0. The summed E-state index contributed by atoms with van der Waals surface area (Å²) < 4.78 is 4.86. The van der Waals surface area contributed by atoms with Crippen molar-refractivity contribution in [2.45, 2.75) is 13.8 Å². The van der Waals surface area contributed by atoms with Crippen LogP contribution < -0.4 is 0 Å². The average molecular weight is 695 g/mol. The molecule has 2 aromatic heterocycles. The Kier molecular flexibility index (Phi) is 8.21. The highest BCUT2D eigenvalue weighted by Crippen LogP contribution is 2.49. The first-order valence-corrected chi connectivity index (χ1v) is 18.2. The highest BCUT2D eigenvalue weighted by Gasteiger charge is 2.28. The second-order valence-electron chi connectivity index (χ2n) is 13.6. The second-order valence-corrected chi connectivity index (χ2v) is 13.6. The Morgan fingerprint density at radius 2 is 1.15 bits per heavy atom. The summed E-state index contributed by atoms with van der Waals surface area (Å²) in [5.74, 6) is 0.568. The first kappa shape index (κ1) is 32.8. The molecule has 4 nitrogen and oxygen atoms in total. The van der Waals surface area contributed by atoms with Crippen LogP contribution in [0.4, 0.5) is 0 Å². The zero-order chi connectivity index (χ0) is 36.8. The topological polar surface area (TPSA) is 34.6 Å². The van der Waals surface area contributed by atoms with E-state index in [1.165, 1.54) is 21.9 Å². The zero-order valence-electron chi connectivity index (χ0n) is 30.4. The van der Waals surface area contributed by atoms with Gasteiger partial charge in [0.1, 0.15) is 0 Å². The predicted molar refractivity (Wildman–Crippen MR) is 232 cm³/mol. The maximum Gasteiger partial charge on any atom is 0.159 e. The molecule has 0 saturated carbocycles. The summed E-state index contributed by atoms with van der Waals surface area (Å²) in [6, 6.07) is 57.3. The van der Waals surface area contributed by atoms with Gasteiger partial charge in [0.15, 0.2) is 5.84 Å². The molecular weight excluding hydrogens is 657 g/mol. The normalized spacial score (nSPS) is 12.4. The third-order valence-corrected chi connectivity index (χ3v) is 10.5. The summed E-state index contributed by atoms with van der Waals surface area (Å²) in [5.41, 5.74) is 12.8. The molecule has 258 valence electrons. The van der Waals surface area contributed by atoms with E-state index in [1.807, 2.05) is 42.5 Å². The third-order valence-electron chi connectivity index (χ3n) is 10.5. The van der Waals surface area contributed by atoms with Crippen LogP contribution in [0.1, 0.15) is 29.2 Å². The molecular formula is C50H38N4. The molecule has 9 aromatic rings. The van der Waals surface area contributed by atoms with E-state index in [2.05, 4.69) is 169 Å². The standard InChI is InChI=1S/C50H38N4/c1-5-38-44-45-42-31-19-20-32-43(42)53(34(3)46(35-22-9-6-10-23-35)52-50(51-4)36-24-11-7-12-25-36)48(45)40-29-17-18-30-41(40)49(44)54(37-26-13-8-14-27-37)47(38)39-28-16-15-21-33(39)2/h5-32H,1,4H2,2-3H3/b46-34+,52-50-. The summed E-state index contributed by atoms with van der Waals surface area (Å²) >= 11 is 0. The van der Waals surface area contributed by atoms with Crippen molar-refractivity contribution in [2.24, 2.45) is 9.98 Å². The van der Waals surface area contributed by atoms with Gasteiger partial charge in [-0.2, -0.15) is 0 Å². The number of aryl methyl sites for hydroxylation is 1. The fourth-order valence-corrected chi connectivity index (χ4v) is 8.17. The lowest BCUT2D eigenvalue weighted by molar-refractivity contribution is 1.13. The minimum atomic E-state index is 0.568. The van der Waals surface area contributed by atoms with Gasteiger partial charge in [-0.05, 0) is 44.3 Å². The SMILES string of the molecule is C=Cc1c(-c2ccccc2C)n(-c2ccccc2)c2c3ccccc3c3c(c4ccccc4n3/C(C)=C(/N=C(\N=C)c3ccccc3)c3ccccc3)c12. The van der Waals surface area contributed by atoms with Gasteiger partial charge >= 0.3 is 0 Å². The minimum absolute atomic E-state index is 0.568. The number of hydrogen-bond donors (Lipinski definition) is 0. The number of rotatable bonds is 7. The van der Waals surface area contributed by atoms with Gasteiger partial charge < -0.3 is 9.13 Å². The van der Waals surface area contributed by atoms with E-state index in [0.29, 0.717) is 5.84 Å². The molecule has 54 heavy (non-hydrogen) atoms. The summed E-state index contributed by atoms with van der Waals surface area (Å²) in [6.45, 7) is 12.8.